The molecule has 10 heteroatoms. The minimum atomic E-state index is -0.418. The summed E-state index contributed by atoms with van der Waals surface area (Å²) in [5, 5.41) is 11.9. The third-order valence-corrected chi connectivity index (χ3v) is 7.18. The Bertz CT molecular complexity index is 852. The van der Waals surface area contributed by atoms with Crippen molar-refractivity contribution in [3.8, 4) is 0 Å². The smallest absolute Gasteiger partial charge is 0.242 e. The molecule has 1 fully saturated rings. The van der Waals surface area contributed by atoms with E-state index in [-0.39, 0.29) is 61.4 Å². The maximum absolute atomic E-state index is 12.5. The van der Waals surface area contributed by atoms with Crippen molar-refractivity contribution in [2.24, 2.45) is 0 Å². The van der Waals surface area contributed by atoms with E-state index in [0.717, 1.165) is 30.6 Å². The number of carbonyl (C=O) groups is 4. The Morgan fingerprint density at radius 1 is 1.14 bits per heavy atom. The summed E-state index contributed by atoms with van der Waals surface area (Å²) in [7, 11) is 0. The Morgan fingerprint density at radius 3 is 2.65 bits per heavy atom. The number of aliphatic hydroxyl groups is 1. The summed E-state index contributed by atoms with van der Waals surface area (Å²) in [6.07, 6.45) is 3.70. The van der Waals surface area contributed by atoms with E-state index >= 15 is 0 Å². The maximum atomic E-state index is 12.5. The van der Waals surface area contributed by atoms with E-state index in [1.165, 1.54) is 16.7 Å². The number of Topliss-reactive ketones (excluding diaryl/α,β-unsaturated/α-hetero) is 1. The number of carbonyl (C=O) groups excluding carboxylic acids is 4. The third kappa shape index (κ3) is 12.7. The fraction of sp³-hybridized carbons (Fsp3) is 0.630. The van der Waals surface area contributed by atoms with Crippen LogP contribution in [0.2, 0.25) is 0 Å². The number of nitrogens with zero attached hydrogens (tertiary/aromatic N) is 1. The van der Waals surface area contributed by atoms with Crippen LogP contribution in [0.25, 0.3) is 0 Å². The van der Waals surface area contributed by atoms with Crippen molar-refractivity contribution >= 4 is 35.3 Å². The lowest BCUT2D eigenvalue weighted by molar-refractivity contribution is -0.138. The summed E-state index contributed by atoms with van der Waals surface area (Å²) in [5.41, 5.74) is 1.02. The molecule has 2 N–H and O–H groups in total. The molecule has 0 aliphatic carbocycles. The highest BCUT2D eigenvalue weighted by Crippen LogP contribution is 2.26. The van der Waals surface area contributed by atoms with E-state index in [2.05, 4.69) is 5.32 Å². The van der Waals surface area contributed by atoms with Crippen LogP contribution >= 0.6 is 11.8 Å². The zero-order chi connectivity index (χ0) is 26.9. The number of ketones is 1. The minimum Gasteiger partial charge on any atom is -0.394 e. The molecule has 1 aliphatic rings. The number of amides is 3. The van der Waals surface area contributed by atoms with Crippen molar-refractivity contribution < 1.29 is 33.8 Å². The molecular formula is C27H40N2O7S. The predicted octanol–water partition coefficient (Wildman–Crippen LogP) is 2.49. The summed E-state index contributed by atoms with van der Waals surface area (Å²) < 4.78 is 11.2. The number of hydrogen-bond donors (Lipinski definition) is 2. The van der Waals surface area contributed by atoms with E-state index in [4.69, 9.17) is 9.47 Å². The zero-order valence-electron chi connectivity index (χ0n) is 21.7. The molecule has 2 rings (SSSR count). The molecule has 0 spiro atoms. The third-order valence-electron chi connectivity index (χ3n) is 5.88. The Kier molecular flexibility index (Phi) is 15.1. The second-order valence-corrected chi connectivity index (χ2v) is 10.4. The number of aliphatic hydroxyl groups excluding tert-OH is 1. The summed E-state index contributed by atoms with van der Waals surface area (Å²) in [6.45, 7) is 3.01. The van der Waals surface area contributed by atoms with Crippen molar-refractivity contribution in [1.82, 2.24) is 10.2 Å². The van der Waals surface area contributed by atoms with Crippen LogP contribution in [0.15, 0.2) is 30.3 Å². The highest BCUT2D eigenvalue weighted by molar-refractivity contribution is 8.00. The molecule has 0 bridgehead atoms. The van der Waals surface area contributed by atoms with Crippen LogP contribution in [0.1, 0.15) is 57.4 Å². The molecule has 206 valence electrons. The number of benzene rings is 1. The van der Waals surface area contributed by atoms with Crippen molar-refractivity contribution in [3.05, 3.63) is 35.9 Å². The second-order valence-electron chi connectivity index (χ2n) is 9.09. The lowest BCUT2D eigenvalue weighted by Gasteiger charge is -2.16. The molecule has 0 saturated carbocycles. The van der Waals surface area contributed by atoms with Crippen LogP contribution in [0.3, 0.4) is 0 Å². The Morgan fingerprint density at radius 2 is 1.92 bits per heavy atom. The van der Waals surface area contributed by atoms with Crippen LogP contribution in [0.5, 0.6) is 0 Å². The Balaban J connectivity index is 1.51. The predicted molar refractivity (Wildman–Crippen MR) is 142 cm³/mol. The molecule has 0 aromatic heterocycles. The number of likely N-dealkylation sites (tertiary alicyclic amines) is 1. The molecule has 1 aromatic rings. The van der Waals surface area contributed by atoms with Crippen LogP contribution in [-0.2, 0) is 35.3 Å². The van der Waals surface area contributed by atoms with Gasteiger partial charge in [-0.25, -0.2) is 0 Å². The van der Waals surface area contributed by atoms with Gasteiger partial charge in [-0.3, -0.25) is 19.3 Å². The van der Waals surface area contributed by atoms with Gasteiger partial charge in [-0.1, -0.05) is 36.8 Å². The summed E-state index contributed by atoms with van der Waals surface area (Å²) in [6, 6.07) is 9.69. The highest BCUT2D eigenvalue weighted by atomic mass is 32.2. The van der Waals surface area contributed by atoms with Gasteiger partial charge in [0.15, 0.2) is 0 Å². The molecular weight excluding hydrogens is 496 g/mol. The van der Waals surface area contributed by atoms with Crippen molar-refractivity contribution in [3.63, 3.8) is 0 Å². The van der Waals surface area contributed by atoms with E-state index < -0.39 is 6.10 Å². The van der Waals surface area contributed by atoms with Crippen LogP contribution < -0.4 is 5.32 Å². The summed E-state index contributed by atoms with van der Waals surface area (Å²) in [4.78, 5) is 49.1. The van der Waals surface area contributed by atoms with Gasteiger partial charge in [-0.2, -0.15) is 0 Å². The normalized spacial score (nSPS) is 16.3. The number of ether oxygens (including phenoxy) is 2. The van der Waals surface area contributed by atoms with Gasteiger partial charge < -0.3 is 24.7 Å². The van der Waals surface area contributed by atoms with Crippen LogP contribution in [-0.4, -0.2) is 83.5 Å². The first-order chi connectivity index (χ1) is 17.9. The summed E-state index contributed by atoms with van der Waals surface area (Å²) in [5.74, 6) is 0.298. The van der Waals surface area contributed by atoms with Gasteiger partial charge in [0.25, 0.3) is 0 Å². The molecule has 1 aliphatic heterocycles. The van der Waals surface area contributed by atoms with Crippen molar-refractivity contribution in [2.45, 2.75) is 69.8 Å². The number of unbranched alkanes of at least 4 members (excludes halogenated alkanes) is 2. The van der Waals surface area contributed by atoms with E-state index in [0.29, 0.717) is 32.6 Å². The van der Waals surface area contributed by atoms with Gasteiger partial charge in [0.05, 0.1) is 25.1 Å². The zero-order valence-corrected chi connectivity index (χ0v) is 22.5. The molecule has 9 nitrogen and oxygen atoms in total. The van der Waals surface area contributed by atoms with Gasteiger partial charge in [-0.05, 0) is 37.5 Å². The van der Waals surface area contributed by atoms with Gasteiger partial charge >= 0.3 is 0 Å². The van der Waals surface area contributed by atoms with Gasteiger partial charge in [0, 0.05) is 39.0 Å². The first-order valence-corrected chi connectivity index (χ1v) is 14.0. The molecule has 3 amide bonds. The van der Waals surface area contributed by atoms with Gasteiger partial charge in [0.2, 0.25) is 17.7 Å². The van der Waals surface area contributed by atoms with Crippen molar-refractivity contribution in [1.29, 1.82) is 0 Å². The quantitative estimate of drug-likeness (QED) is 0.193. The number of hydrogen-bond acceptors (Lipinski definition) is 8. The molecule has 2 unspecified atom stereocenters. The van der Waals surface area contributed by atoms with E-state index in [9.17, 15) is 24.3 Å². The van der Waals surface area contributed by atoms with E-state index in [1.807, 2.05) is 30.3 Å². The van der Waals surface area contributed by atoms with Crippen LogP contribution in [0.4, 0.5) is 0 Å². The molecule has 2 atom stereocenters. The number of rotatable bonds is 20. The Hall–Kier alpha value is -2.27. The average molecular weight is 537 g/mol. The maximum Gasteiger partial charge on any atom is 0.242 e. The van der Waals surface area contributed by atoms with Gasteiger partial charge in [0.1, 0.15) is 11.9 Å². The molecule has 1 heterocycles. The second kappa shape index (κ2) is 18.1. The first kappa shape index (κ1) is 31.0. The SMILES string of the molecule is CC(=O)CCCCCSC1CC(=O)N(CCC(=O)NCCCOCC(CO)OCc2ccccc2)C1=O. The molecule has 1 aromatic carbocycles. The summed E-state index contributed by atoms with van der Waals surface area (Å²) >= 11 is 1.48. The number of imide groups is 1. The Labute approximate surface area is 223 Å². The number of nitrogens with one attached hydrogen (secondary N) is 1. The lowest BCUT2D eigenvalue weighted by Crippen LogP contribution is -2.36. The fourth-order valence-electron chi connectivity index (χ4n) is 3.76. The molecule has 1 saturated heterocycles. The topological polar surface area (TPSA) is 122 Å². The van der Waals surface area contributed by atoms with Crippen molar-refractivity contribution in [2.75, 3.05) is 38.7 Å². The molecule has 37 heavy (non-hydrogen) atoms. The standard InChI is InChI=1S/C27H40N2O7S/c1-21(31)9-4-3-7-16-37-24-17-26(33)29(27(24)34)14-12-25(32)28-13-8-15-35-20-23(18-30)36-19-22-10-5-2-6-11-22/h2,5-6,10-11,23-24,30H,3-4,7-9,12-20H2,1H3,(H,28,32). The lowest BCUT2D eigenvalue weighted by atomic mass is 10.2. The first-order valence-electron chi connectivity index (χ1n) is 13.0. The fourth-order valence-corrected chi connectivity index (χ4v) is 4.94. The number of thioether (sulfide) groups is 1. The van der Waals surface area contributed by atoms with Gasteiger partial charge in [-0.15, -0.1) is 11.8 Å². The van der Waals surface area contributed by atoms with Crippen LogP contribution in [0, 0.1) is 0 Å². The largest absolute Gasteiger partial charge is 0.394 e. The monoisotopic (exact) mass is 536 g/mol. The molecule has 0 radical (unpaired) electrons. The average Bonchev–Trinajstić information content (AvgIpc) is 3.16. The minimum absolute atomic E-state index is 0.0701. The highest BCUT2D eigenvalue weighted by Gasteiger charge is 2.38. The van der Waals surface area contributed by atoms with E-state index in [1.54, 1.807) is 6.92 Å².